The highest BCUT2D eigenvalue weighted by Gasteiger charge is 2.17. The Labute approximate surface area is 175 Å². The summed E-state index contributed by atoms with van der Waals surface area (Å²) in [5.74, 6) is -0.832. The number of halogens is 2. The summed E-state index contributed by atoms with van der Waals surface area (Å²) in [4.78, 5) is 24.6. The Kier molecular flexibility index (Phi) is 7.09. The molecule has 0 atom stereocenters. The minimum absolute atomic E-state index is 0.0160. The van der Waals surface area contributed by atoms with Gasteiger partial charge in [0.1, 0.15) is 5.82 Å². The van der Waals surface area contributed by atoms with Crippen LogP contribution < -0.4 is 16.0 Å². The monoisotopic (exact) mass is 417 g/mol. The van der Waals surface area contributed by atoms with E-state index in [4.69, 9.17) is 11.6 Å². The van der Waals surface area contributed by atoms with Crippen LogP contribution in [0.1, 0.15) is 48.0 Å². The van der Waals surface area contributed by atoms with Crippen LogP contribution in [0.2, 0.25) is 5.02 Å². The van der Waals surface area contributed by atoms with Gasteiger partial charge in [-0.2, -0.15) is 0 Å². The number of anilines is 2. The molecule has 3 N–H and O–H groups in total. The first-order valence-electron chi connectivity index (χ1n) is 9.82. The number of hydrogen-bond acceptors (Lipinski definition) is 3. The highest BCUT2D eigenvalue weighted by molar-refractivity contribution is 6.33. The molecule has 0 spiro atoms. The van der Waals surface area contributed by atoms with Crippen molar-refractivity contribution in [3.05, 3.63) is 58.4 Å². The molecule has 2 amide bonds. The molecule has 7 heteroatoms. The zero-order valence-electron chi connectivity index (χ0n) is 16.4. The smallest absolute Gasteiger partial charge is 0.251 e. The van der Waals surface area contributed by atoms with Gasteiger partial charge >= 0.3 is 0 Å². The molecule has 2 aromatic rings. The van der Waals surface area contributed by atoms with Crippen LogP contribution in [0.5, 0.6) is 0 Å². The molecule has 0 aromatic heterocycles. The second kappa shape index (κ2) is 9.74. The van der Waals surface area contributed by atoms with E-state index < -0.39 is 5.82 Å². The molecule has 0 bridgehead atoms. The fraction of sp³-hybridized carbons (Fsp3) is 0.364. The summed E-state index contributed by atoms with van der Waals surface area (Å²) in [6.45, 7) is 1.90. The normalized spacial score (nSPS) is 14.3. The third-order valence-electron chi connectivity index (χ3n) is 5.07. The van der Waals surface area contributed by atoms with Crippen LogP contribution in [0.3, 0.4) is 0 Å². The first-order chi connectivity index (χ1) is 13.9. The van der Waals surface area contributed by atoms with E-state index in [1.165, 1.54) is 18.6 Å². The van der Waals surface area contributed by atoms with Gasteiger partial charge in [0, 0.05) is 17.3 Å². The van der Waals surface area contributed by atoms with Crippen LogP contribution in [0.4, 0.5) is 15.8 Å². The van der Waals surface area contributed by atoms with Crippen LogP contribution in [0.25, 0.3) is 0 Å². The lowest BCUT2D eigenvalue weighted by Gasteiger charge is -2.23. The fourth-order valence-electron chi connectivity index (χ4n) is 3.48. The lowest BCUT2D eigenvalue weighted by molar-refractivity contribution is -0.114. The average Bonchev–Trinajstić information content (AvgIpc) is 2.70. The number of hydrogen-bond donors (Lipinski definition) is 3. The van der Waals surface area contributed by atoms with E-state index >= 15 is 0 Å². The molecule has 0 aliphatic heterocycles. The summed E-state index contributed by atoms with van der Waals surface area (Å²) in [5, 5.41) is 8.94. The largest absolute Gasteiger partial charge is 0.376 e. The lowest BCUT2D eigenvalue weighted by Crippen LogP contribution is -2.36. The molecule has 0 radical (unpaired) electrons. The minimum atomic E-state index is -0.464. The first-order valence-corrected chi connectivity index (χ1v) is 10.2. The molecule has 3 rings (SSSR count). The SMILES string of the molecule is Cc1cc(C(=O)NC2CCCCC2)ccc1NCC(=O)Nc1ccc(F)cc1Cl. The van der Waals surface area contributed by atoms with Crippen LogP contribution in [0, 0.1) is 12.7 Å². The van der Waals surface area contributed by atoms with E-state index in [0.717, 1.165) is 43.0 Å². The standard InChI is InChI=1S/C22H25ClFN3O2/c1-14-11-15(22(29)26-17-5-3-2-4-6-17)7-9-19(14)25-13-21(28)27-20-10-8-16(24)12-18(20)23/h7-12,17,25H,2-6,13H2,1H3,(H,26,29)(H,27,28). The molecular formula is C22H25ClFN3O2. The van der Waals surface area contributed by atoms with Crippen LogP contribution in [-0.2, 0) is 4.79 Å². The van der Waals surface area contributed by atoms with Crippen LogP contribution >= 0.6 is 11.6 Å². The number of carbonyl (C=O) groups excluding carboxylic acids is 2. The van der Waals surface area contributed by atoms with Gasteiger partial charge in [0.25, 0.3) is 5.91 Å². The summed E-state index contributed by atoms with van der Waals surface area (Å²) in [6, 6.07) is 9.42. The van der Waals surface area contributed by atoms with Gasteiger partial charge in [-0.1, -0.05) is 30.9 Å². The molecular weight excluding hydrogens is 393 g/mol. The van der Waals surface area contributed by atoms with E-state index in [1.807, 2.05) is 13.0 Å². The van der Waals surface area contributed by atoms with Crippen molar-refractivity contribution in [2.45, 2.75) is 45.1 Å². The predicted octanol–water partition coefficient (Wildman–Crippen LogP) is 4.90. The molecule has 154 valence electrons. The number of nitrogens with one attached hydrogen (secondary N) is 3. The Morgan fingerprint density at radius 3 is 2.48 bits per heavy atom. The van der Waals surface area contributed by atoms with Crippen LogP contribution in [0.15, 0.2) is 36.4 Å². The molecule has 0 heterocycles. The number of amides is 2. The molecule has 1 aliphatic carbocycles. The van der Waals surface area contributed by atoms with Crippen molar-refractivity contribution in [1.82, 2.24) is 5.32 Å². The maximum absolute atomic E-state index is 13.1. The Balaban J connectivity index is 1.54. The van der Waals surface area contributed by atoms with Crippen molar-refractivity contribution < 1.29 is 14.0 Å². The molecule has 1 aliphatic rings. The minimum Gasteiger partial charge on any atom is -0.376 e. The first kappa shape index (κ1) is 21.1. The third kappa shape index (κ3) is 5.94. The van der Waals surface area contributed by atoms with E-state index in [9.17, 15) is 14.0 Å². The molecule has 0 unspecified atom stereocenters. The summed E-state index contributed by atoms with van der Waals surface area (Å²) < 4.78 is 13.1. The van der Waals surface area contributed by atoms with Crippen molar-refractivity contribution in [3.63, 3.8) is 0 Å². The van der Waals surface area contributed by atoms with E-state index in [1.54, 1.807) is 12.1 Å². The van der Waals surface area contributed by atoms with E-state index in [0.29, 0.717) is 11.3 Å². The summed E-state index contributed by atoms with van der Waals surface area (Å²) in [5.41, 5.74) is 2.60. The highest BCUT2D eigenvalue weighted by Crippen LogP contribution is 2.23. The van der Waals surface area contributed by atoms with Gasteiger partial charge in [-0.15, -0.1) is 0 Å². The van der Waals surface area contributed by atoms with Crippen molar-refractivity contribution in [2.24, 2.45) is 0 Å². The molecule has 0 saturated heterocycles. The maximum Gasteiger partial charge on any atom is 0.251 e. The number of rotatable bonds is 6. The number of aryl methyl sites for hydroxylation is 1. The van der Waals surface area contributed by atoms with Gasteiger partial charge in [0.2, 0.25) is 5.91 Å². The summed E-state index contributed by atoms with van der Waals surface area (Å²) >= 11 is 5.92. The topological polar surface area (TPSA) is 70.2 Å². The third-order valence-corrected chi connectivity index (χ3v) is 5.39. The van der Waals surface area contributed by atoms with Gasteiger partial charge in [-0.05, 0) is 61.7 Å². The van der Waals surface area contributed by atoms with Gasteiger partial charge in [-0.25, -0.2) is 4.39 Å². The molecule has 29 heavy (non-hydrogen) atoms. The number of benzene rings is 2. The zero-order valence-corrected chi connectivity index (χ0v) is 17.1. The Hall–Kier alpha value is -2.60. The van der Waals surface area contributed by atoms with Gasteiger partial charge in [-0.3, -0.25) is 9.59 Å². The maximum atomic E-state index is 13.1. The second-order valence-electron chi connectivity index (χ2n) is 7.36. The van der Waals surface area contributed by atoms with E-state index in [2.05, 4.69) is 16.0 Å². The molecule has 2 aromatic carbocycles. The molecule has 1 saturated carbocycles. The van der Waals surface area contributed by atoms with Gasteiger partial charge in [0.15, 0.2) is 0 Å². The second-order valence-corrected chi connectivity index (χ2v) is 7.77. The predicted molar refractivity (Wildman–Crippen MR) is 114 cm³/mol. The quantitative estimate of drug-likeness (QED) is 0.626. The van der Waals surface area contributed by atoms with Crippen molar-refractivity contribution in [3.8, 4) is 0 Å². The Bertz CT molecular complexity index is 898. The lowest BCUT2D eigenvalue weighted by atomic mass is 9.95. The Morgan fingerprint density at radius 2 is 1.79 bits per heavy atom. The average molecular weight is 418 g/mol. The van der Waals surface area contributed by atoms with Crippen molar-refractivity contribution in [1.29, 1.82) is 0 Å². The summed E-state index contributed by atoms with van der Waals surface area (Å²) in [7, 11) is 0. The van der Waals surface area contributed by atoms with Gasteiger partial charge < -0.3 is 16.0 Å². The molecule has 1 fully saturated rings. The van der Waals surface area contributed by atoms with Crippen LogP contribution in [-0.4, -0.2) is 24.4 Å². The molecule has 5 nitrogen and oxygen atoms in total. The van der Waals surface area contributed by atoms with Crippen molar-refractivity contribution >= 4 is 34.8 Å². The van der Waals surface area contributed by atoms with E-state index in [-0.39, 0.29) is 29.4 Å². The summed E-state index contributed by atoms with van der Waals surface area (Å²) in [6.07, 6.45) is 5.65. The van der Waals surface area contributed by atoms with Crippen molar-refractivity contribution in [2.75, 3.05) is 17.2 Å². The number of carbonyl (C=O) groups is 2. The zero-order chi connectivity index (χ0) is 20.8. The highest BCUT2D eigenvalue weighted by atomic mass is 35.5. The fourth-order valence-corrected chi connectivity index (χ4v) is 3.69. The van der Waals surface area contributed by atoms with Gasteiger partial charge in [0.05, 0.1) is 17.3 Å². The Morgan fingerprint density at radius 1 is 1.07 bits per heavy atom.